The Morgan fingerprint density at radius 3 is 1.86 bits per heavy atom. The fourth-order valence-corrected chi connectivity index (χ4v) is 4.61. The van der Waals surface area contributed by atoms with Crippen LogP contribution in [0.15, 0.2) is 58.3 Å². The number of hydrogen-bond acceptors (Lipinski definition) is 13. The van der Waals surface area contributed by atoms with Gasteiger partial charge in [-0.1, -0.05) is 13.8 Å². The SMILES string of the molecule is CC(C)CCOC(C)(C)CCC=O.CNc1ccc(SN)cc1.NSc1ccc(NC(=O)CN(CCN(CC=O)CC(N)=O)CC(=O)O)cc1. The quantitative estimate of drug-likeness (QED) is 0.0753. The van der Waals surface area contributed by atoms with Crippen LogP contribution >= 0.6 is 23.9 Å². The van der Waals surface area contributed by atoms with E-state index >= 15 is 0 Å². The van der Waals surface area contributed by atoms with Crippen LogP contribution in [0.3, 0.4) is 0 Å². The number of carbonyl (C=O) groups excluding carboxylic acids is 4. The lowest BCUT2D eigenvalue weighted by atomic mass is 10.0. The predicted octanol–water partition coefficient (Wildman–Crippen LogP) is 3.46. The van der Waals surface area contributed by atoms with Crippen molar-refractivity contribution in [3.8, 4) is 0 Å². The number of nitrogens with one attached hydrogen (secondary N) is 2. The fourth-order valence-electron chi connectivity index (χ4n) is 4.02. The van der Waals surface area contributed by atoms with Crippen molar-refractivity contribution < 1.29 is 33.8 Å². The van der Waals surface area contributed by atoms with E-state index < -0.39 is 11.9 Å². The maximum atomic E-state index is 12.2. The minimum atomic E-state index is -1.09. The molecule has 9 N–H and O–H groups in total. The monoisotopic (exact) mass is 737 g/mol. The van der Waals surface area contributed by atoms with E-state index in [2.05, 4.69) is 24.5 Å². The summed E-state index contributed by atoms with van der Waals surface area (Å²) in [6.07, 6.45) is 4.07. The molecular formula is C34H55N7O7S2. The van der Waals surface area contributed by atoms with E-state index in [4.69, 9.17) is 25.9 Å². The molecule has 0 aliphatic rings. The number of rotatable bonds is 22. The zero-order valence-corrected chi connectivity index (χ0v) is 31.4. The number of aldehydes is 2. The average molecular weight is 738 g/mol. The van der Waals surface area contributed by atoms with Gasteiger partial charge in [0.2, 0.25) is 11.8 Å². The van der Waals surface area contributed by atoms with Gasteiger partial charge in [0.05, 0.1) is 31.8 Å². The molecular weight excluding hydrogens is 683 g/mol. The molecule has 0 radical (unpaired) electrons. The van der Waals surface area contributed by atoms with Crippen LogP contribution < -0.4 is 26.6 Å². The molecule has 0 aromatic heterocycles. The summed E-state index contributed by atoms with van der Waals surface area (Å²) in [7, 11) is 1.89. The first-order valence-electron chi connectivity index (χ1n) is 16.1. The molecule has 0 atom stereocenters. The van der Waals surface area contributed by atoms with Gasteiger partial charge in [0, 0.05) is 54.3 Å². The number of carbonyl (C=O) groups is 5. The Labute approximate surface area is 304 Å². The molecule has 0 aliphatic heterocycles. The van der Waals surface area contributed by atoms with Crippen molar-refractivity contribution in [2.24, 2.45) is 21.9 Å². The number of anilines is 2. The summed E-state index contributed by atoms with van der Waals surface area (Å²) in [5, 5.41) is 25.5. The zero-order chi connectivity index (χ0) is 38.0. The third kappa shape index (κ3) is 24.6. The number of amides is 2. The van der Waals surface area contributed by atoms with Gasteiger partial charge >= 0.3 is 5.97 Å². The normalized spacial score (nSPS) is 10.8. The van der Waals surface area contributed by atoms with Crippen molar-refractivity contribution in [2.75, 3.05) is 63.6 Å². The van der Waals surface area contributed by atoms with E-state index in [-0.39, 0.29) is 50.8 Å². The zero-order valence-electron chi connectivity index (χ0n) is 29.8. The van der Waals surface area contributed by atoms with Crippen molar-refractivity contribution in [3.63, 3.8) is 0 Å². The van der Waals surface area contributed by atoms with Gasteiger partial charge in [0.15, 0.2) is 0 Å². The molecule has 280 valence electrons. The van der Waals surface area contributed by atoms with Crippen LogP contribution in [0, 0.1) is 5.92 Å². The van der Waals surface area contributed by atoms with Crippen LogP contribution in [0.5, 0.6) is 0 Å². The molecule has 0 heterocycles. The Hall–Kier alpha value is -3.51. The molecule has 0 saturated carbocycles. The topological polar surface area (TPSA) is 223 Å². The van der Waals surface area contributed by atoms with Gasteiger partial charge < -0.3 is 35.8 Å². The van der Waals surface area contributed by atoms with E-state index in [0.717, 1.165) is 53.2 Å². The van der Waals surface area contributed by atoms with E-state index in [1.165, 1.54) is 21.7 Å². The molecule has 0 spiro atoms. The highest BCUT2D eigenvalue weighted by Gasteiger charge is 2.18. The van der Waals surface area contributed by atoms with Crippen LogP contribution in [0.1, 0.15) is 47.0 Å². The maximum Gasteiger partial charge on any atom is 0.317 e. The van der Waals surface area contributed by atoms with Gasteiger partial charge in [-0.25, -0.2) is 0 Å². The Kier molecular flexibility index (Phi) is 25.3. The number of ether oxygens (including phenoxy) is 1. The molecule has 50 heavy (non-hydrogen) atoms. The lowest BCUT2D eigenvalue weighted by molar-refractivity contribution is -0.138. The van der Waals surface area contributed by atoms with Crippen LogP contribution in [0.4, 0.5) is 11.4 Å². The Morgan fingerprint density at radius 2 is 1.42 bits per heavy atom. The molecule has 0 fully saturated rings. The maximum absolute atomic E-state index is 12.2. The summed E-state index contributed by atoms with van der Waals surface area (Å²) in [4.78, 5) is 59.9. The molecule has 2 aromatic rings. The number of carboxylic acid groups (broad SMARTS) is 1. The number of benzene rings is 2. The van der Waals surface area contributed by atoms with Crippen LogP contribution in [-0.2, 0) is 28.7 Å². The third-order valence-corrected chi connectivity index (χ3v) is 7.86. The highest BCUT2D eigenvalue weighted by atomic mass is 32.2. The van der Waals surface area contributed by atoms with Gasteiger partial charge in [-0.05, 0) is 105 Å². The lowest BCUT2D eigenvalue weighted by Gasteiger charge is -2.24. The number of aliphatic carboxylic acids is 1. The number of primary amides is 1. The molecule has 16 heteroatoms. The fraction of sp³-hybridized carbons (Fsp3) is 0.500. The Morgan fingerprint density at radius 1 is 0.880 bits per heavy atom. The second-order valence-electron chi connectivity index (χ2n) is 12.1. The summed E-state index contributed by atoms with van der Waals surface area (Å²) < 4.78 is 5.68. The van der Waals surface area contributed by atoms with Gasteiger partial charge in [-0.2, -0.15) is 0 Å². The molecule has 0 saturated heterocycles. The average Bonchev–Trinajstić information content (AvgIpc) is 3.06. The van der Waals surface area contributed by atoms with Crippen molar-refractivity contribution in [2.45, 2.75) is 62.3 Å². The molecule has 0 aliphatic carbocycles. The van der Waals surface area contributed by atoms with Crippen LogP contribution in [0.25, 0.3) is 0 Å². The second kappa shape index (κ2) is 27.2. The minimum absolute atomic E-state index is 0.0123. The standard InChI is InChI=1S/C16H23N5O5S.C11H22O2.C7H10N2S/c17-14(23)9-20(7-8-22)5-6-21(11-16(25)26)10-15(24)19-12-1-3-13(27-18)4-2-12;1-10(2)6-9-13-11(3,4)7-5-8-12;1-9-6-2-4-7(10-8)5-3-6/h1-4,8H,5-7,9-11,18H2,(H2,17,23)(H,19,24)(H,25,26);8,10H,5-7,9H2,1-4H3;2-5,9H,8H2,1H3. The number of nitrogens with two attached hydrogens (primary N) is 3. The summed E-state index contributed by atoms with van der Waals surface area (Å²) in [6, 6.07) is 14.8. The molecule has 2 aromatic carbocycles. The van der Waals surface area contributed by atoms with Gasteiger partial charge in [-0.15, -0.1) is 0 Å². The van der Waals surface area contributed by atoms with E-state index in [0.29, 0.717) is 24.3 Å². The molecule has 14 nitrogen and oxygen atoms in total. The van der Waals surface area contributed by atoms with E-state index in [9.17, 15) is 24.0 Å². The molecule has 2 rings (SSSR count). The van der Waals surface area contributed by atoms with Gasteiger partial charge in [0.1, 0.15) is 12.6 Å². The highest BCUT2D eigenvalue weighted by molar-refractivity contribution is 7.97. The minimum Gasteiger partial charge on any atom is -0.480 e. The smallest absolute Gasteiger partial charge is 0.317 e. The Bertz CT molecular complexity index is 1240. The molecule has 2 amide bonds. The third-order valence-electron chi connectivity index (χ3n) is 6.78. The first-order valence-corrected chi connectivity index (χ1v) is 17.8. The predicted molar refractivity (Wildman–Crippen MR) is 202 cm³/mol. The summed E-state index contributed by atoms with van der Waals surface area (Å²) in [6.45, 7) is 8.96. The Balaban J connectivity index is 0.000000857. The molecule has 0 unspecified atom stereocenters. The van der Waals surface area contributed by atoms with Crippen LogP contribution in [0.2, 0.25) is 0 Å². The highest BCUT2D eigenvalue weighted by Crippen LogP contribution is 2.18. The number of carboxylic acids is 1. The van der Waals surface area contributed by atoms with Gasteiger partial charge in [-0.3, -0.25) is 34.5 Å². The van der Waals surface area contributed by atoms with E-state index in [1.807, 2.05) is 45.2 Å². The van der Waals surface area contributed by atoms with Crippen molar-refractivity contribution >= 4 is 65.6 Å². The van der Waals surface area contributed by atoms with Crippen LogP contribution in [-0.4, -0.2) is 104 Å². The van der Waals surface area contributed by atoms with E-state index in [1.54, 1.807) is 24.3 Å². The van der Waals surface area contributed by atoms with Crippen molar-refractivity contribution in [1.82, 2.24) is 9.80 Å². The van der Waals surface area contributed by atoms with Crippen molar-refractivity contribution in [1.29, 1.82) is 0 Å². The second-order valence-corrected chi connectivity index (χ2v) is 13.5. The number of hydrogen-bond donors (Lipinski definition) is 6. The molecule has 0 bridgehead atoms. The summed E-state index contributed by atoms with van der Waals surface area (Å²) in [5.74, 6) is -1.40. The van der Waals surface area contributed by atoms with Crippen molar-refractivity contribution in [3.05, 3.63) is 48.5 Å². The summed E-state index contributed by atoms with van der Waals surface area (Å²) in [5.41, 5.74) is 6.65. The largest absolute Gasteiger partial charge is 0.480 e. The van der Waals surface area contributed by atoms with Gasteiger partial charge in [0.25, 0.3) is 0 Å². The number of nitrogens with zero attached hydrogens (tertiary/aromatic N) is 2. The summed E-state index contributed by atoms with van der Waals surface area (Å²) >= 11 is 2.34. The lowest BCUT2D eigenvalue weighted by Crippen LogP contribution is -2.44. The first-order chi connectivity index (χ1) is 23.7. The first kappa shape index (κ1) is 46.5.